The van der Waals surface area contributed by atoms with E-state index in [9.17, 15) is 34.8 Å². The van der Waals surface area contributed by atoms with Gasteiger partial charge in [0.1, 0.15) is 0 Å². The van der Waals surface area contributed by atoms with Crippen molar-refractivity contribution in [2.24, 2.45) is 5.14 Å². The second-order valence-corrected chi connectivity index (χ2v) is 8.25. The third kappa shape index (κ3) is 7.05. The number of hydrogen-bond donors (Lipinski definition) is 1. The normalized spacial score (nSPS) is 12.6. The molecule has 2 heterocycles. The number of nitrogens with zero attached hydrogens (tertiary/aromatic N) is 4. The number of primary sulfonamides is 1. The van der Waals surface area contributed by atoms with Crippen molar-refractivity contribution in [1.82, 2.24) is 19.7 Å². The summed E-state index contributed by atoms with van der Waals surface area (Å²) >= 11 is 0. The van der Waals surface area contributed by atoms with E-state index in [1.807, 2.05) is 0 Å². The second kappa shape index (κ2) is 9.46. The lowest BCUT2D eigenvalue weighted by atomic mass is 10.2. The average molecular weight is 511 g/mol. The van der Waals surface area contributed by atoms with Gasteiger partial charge in [-0.15, -0.1) is 0 Å². The van der Waals surface area contributed by atoms with E-state index in [0.29, 0.717) is 0 Å². The Kier molecular flexibility index (Phi) is 7.02. The Hall–Kier alpha value is -3.40. The largest absolute Gasteiger partial charge is 0.467 e. The Morgan fingerprint density at radius 1 is 0.912 bits per heavy atom. The first-order chi connectivity index (χ1) is 15.7. The minimum Gasteiger partial charge on any atom is -0.467 e. The van der Waals surface area contributed by atoms with E-state index in [0.717, 1.165) is 5.56 Å². The molecule has 1 aromatic carbocycles. The van der Waals surface area contributed by atoms with Crippen molar-refractivity contribution in [3.8, 4) is 23.1 Å². The summed E-state index contributed by atoms with van der Waals surface area (Å²) < 4.78 is 110. The maximum Gasteiger partial charge on any atom is 0.422 e. The number of hydrogen-bond acceptors (Lipinski definition) is 7. The zero-order valence-electron chi connectivity index (χ0n) is 16.8. The predicted molar refractivity (Wildman–Crippen MR) is 103 cm³/mol. The van der Waals surface area contributed by atoms with Crippen LogP contribution in [0, 0.1) is 0 Å². The molecule has 184 valence electrons. The fourth-order valence-electron chi connectivity index (χ4n) is 2.61. The van der Waals surface area contributed by atoms with Crippen LogP contribution in [0.2, 0.25) is 0 Å². The number of rotatable bonds is 8. The molecule has 0 radical (unpaired) electrons. The van der Waals surface area contributed by atoms with E-state index in [2.05, 4.69) is 24.5 Å². The summed E-state index contributed by atoms with van der Waals surface area (Å²) in [5, 5.41) is 9.01. The van der Waals surface area contributed by atoms with Gasteiger partial charge in [-0.25, -0.2) is 13.6 Å². The molecule has 0 unspecified atom stereocenters. The number of aromatic nitrogens is 4. The predicted octanol–water partition coefficient (Wildman–Crippen LogP) is 2.92. The third-order valence-corrected chi connectivity index (χ3v) is 4.83. The van der Waals surface area contributed by atoms with Gasteiger partial charge in [-0.3, -0.25) is 4.68 Å². The Balaban J connectivity index is 2.06. The van der Waals surface area contributed by atoms with Gasteiger partial charge < -0.3 is 9.47 Å². The van der Waals surface area contributed by atoms with Crippen LogP contribution in [0.1, 0.15) is 5.56 Å². The lowest BCUT2D eigenvalue weighted by Gasteiger charge is -2.16. The average Bonchev–Trinajstić information content (AvgIpc) is 3.17. The van der Waals surface area contributed by atoms with E-state index in [1.165, 1.54) is 17.1 Å². The fourth-order valence-corrected chi connectivity index (χ4v) is 3.31. The van der Waals surface area contributed by atoms with Gasteiger partial charge in [-0.2, -0.15) is 41.4 Å². The van der Waals surface area contributed by atoms with Gasteiger partial charge in [-0.05, 0) is 5.56 Å². The standard InChI is InChI=1S/C18H15F6N5O4S/c19-17(20,21)9-32-15-13(34(25,30)31)16(33-10-18(22,23)24)28-14(27-15)12-6-26-29(8-12)7-11-4-2-1-3-5-11/h1-6,8H,7,9-10H2,(H2,25,30,31). The van der Waals surface area contributed by atoms with E-state index >= 15 is 0 Å². The van der Waals surface area contributed by atoms with Crippen LogP contribution in [0.3, 0.4) is 0 Å². The van der Waals surface area contributed by atoms with Crippen molar-refractivity contribution in [3.63, 3.8) is 0 Å². The number of alkyl halides is 6. The number of benzene rings is 1. The number of sulfonamides is 1. The molecule has 0 aliphatic rings. The number of halogens is 6. The molecule has 0 aliphatic carbocycles. The first kappa shape index (κ1) is 25.2. The molecule has 16 heteroatoms. The topological polar surface area (TPSA) is 122 Å². The molecular formula is C18H15F6N5O4S. The Morgan fingerprint density at radius 2 is 1.44 bits per heavy atom. The van der Waals surface area contributed by atoms with E-state index in [1.54, 1.807) is 30.3 Å². The van der Waals surface area contributed by atoms with Crippen LogP contribution in [0.4, 0.5) is 26.3 Å². The molecule has 2 aromatic heterocycles. The molecule has 2 N–H and O–H groups in total. The molecule has 0 aliphatic heterocycles. The molecule has 3 rings (SSSR count). The van der Waals surface area contributed by atoms with Crippen LogP contribution in [-0.2, 0) is 16.6 Å². The third-order valence-electron chi connectivity index (χ3n) is 3.91. The molecule has 0 fully saturated rings. The fraction of sp³-hybridized carbons (Fsp3) is 0.278. The molecule has 0 bridgehead atoms. The molecule has 0 amide bonds. The van der Waals surface area contributed by atoms with Crippen molar-refractivity contribution in [2.75, 3.05) is 13.2 Å². The molecule has 0 saturated carbocycles. The summed E-state index contributed by atoms with van der Waals surface area (Å²) in [7, 11) is -4.96. The molecule has 0 atom stereocenters. The van der Waals surface area contributed by atoms with Gasteiger partial charge in [0.15, 0.2) is 19.0 Å². The maximum absolute atomic E-state index is 12.7. The van der Waals surface area contributed by atoms with Gasteiger partial charge in [0.2, 0.25) is 26.7 Å². The van der Waals surface area contributed by atoms with Gasteiger partial charge in [-0.1, -0.05) is 30.3 Å². The van der Waals surface area contributed by atoms with E-state index < -0.39 is 58.1 Å². The highest BCUT2D eigenvalue weighted by Crippen LogP contribution is 2.34. The monoisotopic (exact) mass is 511 g/mol. The minimum atomic E-state index is -4.96. The number of nitrogens with two attached hydrogens (primary N) is 1. The zero-order valence-corrected chi connectivity index (χ0v) is 17.7. The first-order valence-electron chi connectivity index (χ1n) is 9.12. The van der Waals surface area contributed by atoms with Crippen LogP contribution in [0.25, 0.3) is 11.4 Å². The number of ether oxygens (including phenoxy) is 2. The highest BCUT2D eigenvalue weighted by Gasteiger charge is 2.35. The van der Waals surface area contributed by atoms with Gasteiger partial charge in [0.25, 0.3) is 0 Å². The van der Waals surface area contributed by atoms with Crippen LogP contribution in [0.5, 0.6) is 11.8 Å². The molecular weight excluding hydrogens is 496 g/mol. The van der Waals surface area contributed by atoms with Gasteiger partial charge >= 0.3 is 12.4 Å². The SMILES string of the molecule is NS(=O)(=O)c1c(OCC(F)(F)F)nc(-c2cnn(Cc3ccccc3)c2)nc1OCC(F)(F)F. The molecule has 3 aromatic rings. The van der Waals surface area contributed by atoms with Crippen LogP contribution < -0.4 is 14.6 Å². The highest BCUT2D eigenvalue weighted by atomic mass is 32.2. The Morgan fingerprint density at radius 3 is 1.91 bits per heavy atom. The summed E-state index contributed by atoms with van der Waals surface area (Å²) in [4.78, 5) is 5.90. The summed E-state index contributed by atoms with van der Waals surface area (Å²) in [6.45, 7) is -3.74. The lowest BCUT2D eigenvalue weighted by Crippen LogP contribution is -2.25. The van der Waals surface area contributed by atoms with Gasteiger partial charge in [0.05, 0.1) is 18.3 Å². The Labute approximate surface area is 188 Å². The van der Waals surface area contributed by atoms with Crippen molar-refractivity contribution < 1.29 is 44.2 Å². The van der Waals surface area contributed by atoms with Crippen molar-refractivity contribution in [2.45, 2.75) is 23.8 Å². The molecule has 0 spiro atoms. The summed E-state index contributed by atoms with van der Waals surface area (Å²) in [6, 6.07) is 8.95. The Bertz CT molecular complexity index is 1210. The molecule has 9 nitrogen and oxygen atoms in total. The second-order valence-electron chi connectivity index (χ2n) is 6.75. The maximum atomic E-state index is 12.7. The smallest absolute Gasteiger partial charge is 0.422 e. The summed E-state index contributed by atoms with van der Waals surface area (Å²) in [6.07, 6.45) is -7.32. The van der Waals surface area contributed by atoms with Crippen molar-refractivity contribution >= 4 is 10.0 Å². The van der Waals surface area contributed by atoms with Gasteiger partial charge in [0, 0.05) is 6.20 Å². The molecule has 0 saturated heterocycles. The zero-order chi connectivity index (χ0) is 25.1. The highest BCUT2D eigenvalue weighted by molar-refractivity contribution is 7.89. The first-order valence-corrected chi connectivity index (χ1v) is 10.7. The quantitative estimate of drug-likeness (QED) is 0.462. The minimum absolute atomic E-state index is 0.0330. The lowest BCUT2D eigenvalue weighted by molar-refractivity contribution is -0.155. The van der Waals surface area contributed by atoms with Crippen LogP contribution in [-0.4, -0.2) is 53.7 Å². The van der Waals surface area contributed by atoms with E-state index in [4.69, 9.17) is 5.14 Å². The van der Waals surface area contributed by atoms with E-state index in [-0.39, 0.29) is 12.1 Å². The van der Waals surface area contributed by atoms with Crippen LogP contribution >= 0.6 is 0 Å². The van der Waals surface area contributed by atoms with Crippen molar-refractivity contribution in [1.29, 1.82) is 0 Å². The summed E-state index contributed by atoms with van der Waals surface area (Å²) in [5.74, 6) is -2.95. The van der Waals surface area contributed by atoms with Crippen molar-refractivity contribution in [3.05, 3.63) is 48.3 Å². The summed E-state index contributed by atoms with van der Waals surface area (Å²) in [5.41, 5.74) is 0.872. The molecule has 34 heavy (non-hydrogen) atoms. The van der Waals surface area contributed by atoms with Crippen LogP contribution in [0.15, 0.2) is 47.6 Å².